The molecule has 0 atom stereocenters. The lowest BCUT2D eigenvalue weighted by Gasteiger charge is -2.16. The largest absolute Gasteiger partial charge is 0.316 e. The van der Waals surface area contributed by atoms with Gasteiger partial charge in [0.05, 0.1) is 4.90 Å². The average Bonchev–Trinajstić information content (AvgIpc) is 2.30. The Kier molecular flexibility index (Phi) is 5.11. The summed E-state index contributed by atoms with van der Waals surface area (Å²) in [6.45, 7) is 3.17. The van der Waals surface area contributed by atoms with Crippen molar-refractivity contribution in [2.45, 2.75) is 24.8 Å². The highest BCUT2D eigenvalue weighted by Crippen LogP contribution is 2.16. The second-order valence-electron chi connectivity index (χ2n) is 4.00. The second-order valence-corrected chi connectivity index (χ2v) is 6.05. The van der Waals surface area contributed by atoms with Crippen LogP contribution in [-0.2, 0) is 16.6 Å². The topological polar surface area (TPSA) is 49.4 Å². The van der Waals surface area contributed by atoms with E-state index in [0.29, 0.717) is 18.0 Å². The van der Waals surface area contributed by atoms with Crippen molar-refractivity contribution >= 4 is 10.0 Å². The van der Waals surface area contributed by atoms with Gasteiger partial charge in [-0.1, -0.05) is 19.1 Å². The van der Waals surface area contributed by atoms with Crippen LogP contribution >= 0.6 is 0 Å². The van der Waals surface area contributed by atoms with Gasteiger partial charge in [0.2, 0.25) is 10.0 Å². The SMILES string of the molecule is CCCN(C)S(=O)(=O)c1cccc(CNC)c1. The lowest BCUT2D eigenvalue weighted by atomic mass is 10.2. The van der Waals surface area contributed by atoms with E-state index in [1.54, 1.807) is 25.2 Å². The van der Waals surface area contributed by atoms with Crippen LogP contribution in [0.25, 0.3) is 0 Å². The fourth-order valence-electron chi connectivity index (χ4n) is 1.64. The van der Waals surface area contributed by atoms with Crippen molar-refractivity contribution in [1.29, 1.82) is 0 Å². The summed E-state index contributed by atoms with van der Waals surface area (Å²) in [5, 5.41) is 3.01. The molecule has 0 aliphatic rings. The lowest BCUT2D eigenvalue weighted by molar-refractivity contribution is 0.468. The molecule has 0 radical (unpaired) electrons. The van der Waals surface area contributed by atoms with Crippen molar-refractivity contribution in [3.8, 4) is 0 Å². The molecule has 0 saturated carbocycles. The molecule has 0 unspecified atom stereocenters. The summed E-state index contributed by atoms with van der Waals surface area (Å²) in [6, 6.07) is 7.05. The summed E-state index contributed by atoms with van der Waals surface area (Å²) >= 11 is 0. The number of sulfonamides is 1. The molecule has 1 rings (SSSR count). The van der Waals surface area contributed by atoms with E-state index < -0.39 is 10.0 Å². The molecule has 0 heterocycles. The number of hydrogen-bond donors (Lipinski definition) is 1. The predicted octanol–water partition coefficient (Wildman–Crippen LogP) is 1.44. The van der Waals surface area contributed by atoms with Gasteiger partial charge in [0.1, 0.15) is 0 Å². The number of hydrogen-bond acceptors (Lipinski definition) is 3. The third-order valence-corrected chi connectivity index (χ3v) is 4.38. The first-order valence-electron chi connectivity index (χ1n) is 5.72. The molecule has 1 aromatic rings. The maximum absolute atomic E-state index is 12.2. The Hall–Kier alpha value is -0.910. The quantitative estimate of drug-likeness (QED) is 0.838. The zero-order valence-electron chi connectivity index (χ0n) is 10.6. The van der Waals surface area contributed by atoms with Crippen molar-refractivity contribution in [3.63, 3.8) is 0 Å². The van der Waals surface area contributed by atoms with E-state index in [1.165, 1.54) is 4.31 Å². The van der Waals surface area contributed by atoms with Crippen molar-refractivity contribution in [3.05, 3.63) is 29.8 Å². The van der Waals surface area contributed by atoms with E-state index in [2.05, 4.69) is 5.32 Å². The summed E-state index contributed by atoms with van der Waals surface area (Å²) in [7, 11) is 0.116. The van der Waals surface area contributed by atoms with Crippen molar-refractivity contribution in [2.75, 3.05) is 20.6 Å². The van der Waals surface area contributed by atoms with Gasteiger partial charge in [-0.25, -0.2) is 12.7 Å². The zero-order valence-corrected chi connectivity index (χ0v) is 11.4. The fourth-order valence-corrected chi connectivity index (χ4v) is 2.97. The van der Waals surface area contributed by atoms with Crippen molar-refractivity contribution in [1.82, 2.24) is 9.62 Å². The summed E-state index contributed by atoms with van der Waals surface area (Å²) in [4.78, 5) is 0.362. The monoisotopic (exact) mass is 256 g/mol. The lowest BCUT2D eigenvalue weighted by Crippen LogP contribution is -2.27. The predicted molar refractivity (Wildman–Crippen MR) is 69.3 cm³/mol. The molecule has 0 saturated heterocycles. The normalized spacial score (nSPS) is 12.0. The van der Waals surface area contributed by atoms with Crippen LogP contribution in [-0.4, -0.2) is 33.4 Å². The Morgan fingerprint density at radius 1 is 1.35 bits per heavy atom. The molecule has 0 bridgehead atoms. The van der Waals surface area contributed by atoms with Crippen molar-refractivity contribution in [2.24, 2.45) is 0 Å². The first-order valence-corrected chi connectivity index (χ1v) is 7.16. The van der Waals surface area contributed by atoms with Crippen LogP contribution in [0.15, 0.2) is 29.2 Å². The maximum Gasteiger partial charge on any atom is 0.242 e. The van der Waals surface area contributed by atoms with E-state index in [0.717, 1.165) is 12.0 Å². The molecule has 0 aromatic heterocycles. The minimum atomic E-state index is -3.34. The van der Waals surface area contributed by atoms with Crippen molar-refractivity contribution < 1.29 is 8.42 Å². The highest BCUT2D eigenvalue weighted by Gasteiger charge is 2.19. The van der Waals surface area contributed by atoms with Crippen LogP contribution in [0.2, 0.25) is 0 Å². The van der Waals surface area contributed by atoms with Crippen LogP contribution in [0.4, 0.5) is 0 Å². The Morgan fingerprint density at radius 3 is 2.65 bits per heavy atom. The minimum Gasteiger partial charge on any atom is -0.316 e. The van der Waals surface area contributed by atoms with Gasteiger partial charge >= 0.3 is 0 Å². The molecule has 1 aromatic carbocycles. The first kappa shape index (κ1) is 14.2. The molecular formula is C12H20N2O2S. The molecule has 0 aliphatic heterocycles. The van der Waals surface area contributed by atoms with E-state index in [1.807, 2.05) is 20.0 Å². The molecule has 17 heavy (non-hydrogen) atoms. The van der Waals surface area contributed by atoms with Gasteiger partial charge in [0, 0.05) is 20.1 Å². The maximum atomic E-state index is 12.2. The van der Waals surface area contributed by atoms with Crippen LogP contribution in [0.3, 0.4) is 0 Å². The average molecular weight is 256 g/mol. The summed E-state index contributed by atoms with van der Waals surface area (Å²) in [5.74, 6) is 0. The molecule has 1 N–H and O–H groups in total. The molecule has 0 spiro atoms. The molecule has 5 heteroatoms. The number of rotatable bonds is 6. The Bertz CT molecular complexity index is 457. The van der Waals surface area contributed by atoms with Gasteiger partial charge in [-0.3, -0.25) is 0 Å². The van der Waals surface area contributed by atoms with Gasteiger partial charge < -0.3 is 5.32 Å². The third kappa shape index (κ3) is 3.52. The van der Waals surface area contributed by atoms with Crippen LogP contribution in [0, 0.1) is 0 Å². The molecule has 0 fully saturated rings. The fraction of sp³-hybridized carbons (Fsp3) is 0.500. The molecule has 96 valence electrons. The van der Waals surface area contributed by atoms with Crippen LogP contribution < -0.4 is 5.32 Å². The van der Waals surface area contributed by atoms with Gasteiger partial charge in [-0.05, 0) is 31.2 Å². The van der Waals surface area contributed by atoms with E-state index in [9.17, 15) is 8.42 Å². The number of nitrogens with one attached hydrogen (secondary N) is 1. The van der Waals surface area contributed by atoms with E-state index in [4.69, 9.17) is 0 Å². The molecule has 0 amide bonds. The Labute approximate surface area is 104 Å². The van der Waals surface area contributed by atoms with E-state index in [-0.39, 0.29) is 0 Å². The van der Waals surface area contributed by atoms with Crippen LogP contribution in [0.5, 0.6) is 0 Å². The van der Waals surface area contributed by atoms with Crippen LogP contribution in [0.1, 0.15) is 18.9 Å². The summed E-state index contributed by atoms with van der Waals surface area (Å²) in [6.07, 6.45) is 0.811. The smallest absolute Gasteiger partial charge is 0.242 e. The van der Waals surface area contributed by atoms with Gasteiger partial charge in [-0.2, -0.15) is 0 Å². The standard InChI is InChI=1S/C12H20N2O2S/c1-4-8-14(3)17(15,16)12-7-5-6-11(9-12)10-13-2/h5-7,9,13H,4,8,10H2,1-3H3. The third-order valence-electron chi connectivity index (χ3n) is 2.53. The zero-order chi connectivity index (χ0) is 12.9. The van der Waals surface area contributed by atoms with E-state index >= 15 is 0 Å². The second kappa shape index (κ2) is 6.14. The minimum absolute atomic E-state index is 0.362. The molecule has 4 nitrogen and oxygen atoms in total. The summed E-state index contributed by atoms with van der Waals surface area (Å²) < 4.78 is 25.8. The molecular weight excluding hydrogens is 236 g/mol. The number of nitrogens with zero attached hydrogens (tertiary/aromatic N) is 1. The molecule has 0 aliphatic carbocycles. The summed E-state index contributed by atoms with van der Waals surface area (Å²) in [5.41, 5.74) is 0.971. The van der Waals surface area contributed by atoms with Gasteiger partial charge in [0.15, 0.2) is 0 Å². The highest BCUT2D eigenvalue weighted by molar-refractivity contribution is 7.89. The Morgan fingerprint density at radius 2 is 2.06 bits per heavy atom. The van der Waals surface area contributed by atoms with Gasteiger partial charge in [-0.15, -0.1) is 0 Å². The Balaban J connectivity index is 3.02. The first-order chi connectivity index (χ1) is 8.02. The number of benzene rings is 1. The highest BCUT2D eigenvalue weighted by atomic mass is 32.2. The van der Waals surface area contributed by atoms with Gasteiger partial charge in [0.25, 0.3) is 0 Å².